The largest absolute Gasteiger partial charge is 0.496 e. The van der Waals surface area contributed by atoms with Gasteiger partial charge in [-0.25, -0.2) is 9.59 Å². The molecular weight excluding hydrogens is 552 g/mol. The fraction of sp³-hybridized carbons (Fsp3) is 0.784. The normalized spacial score (nSPS) is 21.6. The molecule has 2 N–H and O–H groups in total. The first-order valence-corrected chi connectivity index (χ1v) is 18.2. The number of carbonyl (C=O) groups is 2. The van der Waals surface area contributed by atoms with Gasteiger partial charge in [-0.2, -0.15) is 0 Å². The summed E-state index contributed by atoms with van der Waals surface area (Å²) in [6.45, 7) is 1.54. The summed E-state index contributed by atoms with van der Waals surface area (Å²) in [5, 5.41) is 21.0. The number of methoxy groups -OCH3 is 1. The van der Waals surface area contributed by atoms with Gasteiger partial charge in [-0.1, -0.05) is 77.0 Å². The fourth-order valence-corrected chi connectivity index (χ4v) is 9.34. The predicted octanol–water partition coefficient (Wildman–Crippen LogP) is 8.11. The highest BCUT2D eigenvalue weighted by molar-refractivity contribution is 5.98. The Bertz CT molecular complexity index is 1050. The minimum Gasteiger partial charge on any atom is -0.496 e. The quantitative estimate of drug-likeness (QED) is 0.233. The Balaban J connectivity index is 1.45. The van der Waals surface area contributed by atoms with E-state index >= 15 is 0 Å². The number of benzene rings is 1. The molecule has 0 aliphatic heterocycles. The van der Waals surface area contributed by atoms with E-state index in [1.54, 1.807) is 6.07 Å². The van der Waals surface area contributed by atoms with Gasteiger partial charge in [0.05, 0.1) is 12.7 Å². The second-order valence-electron chi connectivity index (χ2n) is 14.2. The van der Waals surface area contributed by atoms with Crippen molar-refractivity contribution in [2.24, 2.45) is 0 Å². The standard InChI is InChI=1S/C37H58N2O5/c1-44-35-32(23-25-39(30-18-10-4-11-19-30)31-20-12-5-13-21-31)34(37(42)43)27(26-33(35)36(40)41)22-24-38(28-14-6-2-7-15-28)29-16-8-3-9-17-29/h26,28-31H,2-25H2,1H3,(H,40,41)(H,42,43). The smallest absolute Gasteiger partial charge is 0.339 e. The summed E-state index contributed by atoms with van der Waals surface area (Å²) in [5.41, 5.74) is 1.62. The van der Waals surface area contributed by atoms with Gasteiger partial charge in [0, 0.05) is 42.8 Å². The van der Waals surface area contributed by atoms with Gasteiger partial charge in [0.1, 0.15) is 11.3 Å². The summed E-state index contributed by atoms with van der Waals surface area (Å²) < 4.78 is 5.75. The van der Waals surface area contributed by atoms with Crippen LogP contribution in [0.15, 0.2) is 6.07 Å². The third-order valence-corrected chi connectivity index (χ3v) is 11.5. The lowest BCUT2D eigenvalue weighted by molar-refractivity contribution is 0.0669. The van der Waals surface area contributed by atoms with Crippen molar-refractivity contribution in [1.82, 2.24) is 9.80 Å². The number of carboxylic acid groups (broad SMARTS) is 2. The summed E-state index contributed by atoms with van der Waals surface area (Å²) in [6, 6.07) is 3.79. The van der Waals surface area contributed by atoms with Crippen LogP contribution in [0.4, 0.5) is 0 Å². The number of rotatable bonds is 13. The van der Waals surface area contributed by atoms with E-state index in [9.17, 15) is 19.8 Å². The molecule has 0 bridgehead atoms. The lowest BCUT2D eigenvalue weighted by atomic mass is 9.87. The van der Waals surface area contributed by atoms with Crippen molar-refractivity contribution < 1.29 is 24.5 Å². The SMILES string of the molecule is COc1c(C(=O)O)cc(CCN(C2CCCCC2)C2CCCCC2)c(C(=O)O)c1CCN(C1CCCCC1)C1CCCCC1. The third-order valence-electron chi connectivity index (χ3n) is 11.5. The molecule has 0 atom stereocenters. The van der Waals surface area contributed by atoms with E-state index in [0.29, 0.717) is 48.1 Å². The first-order valence-electron chi connectivity index (χ1n) is 18.2. The van der Waals surface area contributed by atoms with Gasteiger partial charge in [0.25, 0.3) is 0 Å². The van der Waals surface area contributed by atoms with E-state index in [2.05, 4.69) is 9.80 Å². The number of ether oxygens (including phenoxy) is 1. The van der Waals surface area contributed by atoms with Gasteiger partial charge in [0.15, 0.2) is 0 Å². The van der Waals surface area contributed by atoms with Gasteiger partial charge in [-0.3, -0.25) is 9.80 Å². The van der Waals surface area contributed by atoms with Crippen molar-refractivity contribution >= 4 is 11.9 Å². The highest BCUT2D eigenvalue weighted by atomic mass is 16.5. The number of aromatic carboxylic acids is 2. The fourth-order valence-electron chi connectivity index (χ4n) is 9.34. The summed E-state index contributed by atoms with van der Waals surface area (Å²) in [7, 11) is 1.49. The second-order valence-corrected chi connectivity index (χ2v) is 14.2. The molecule has 4 saturated carbocycles. The maximum atomic E-state index is 13.1. The zero-order chi connectivity index (χ0) is 30.9. The van der Waals surface area contributed by atoms with Gasteiger partial charge < -0.3 is 14.9 Å². The first kappa shape index (κ1) is 33.2. The van der Waals surface area contributed by atoms with E-state index < -0.39 is 11.9 Å². The molecule has 0 heterocycles. The van der Waals surface area contributed by atoms with E-state index in [-0.39, 0.29) is 16.9 Å². The second kappa shape index (κ2) is 16.4. The summed E-state index contributed by atoms with van der Waals surface area (Å²) in [6.07, 6.45) is 26.1. The Labute approximate surface area is 265 Å². The van der Waals surface area contributed by atoms with Crippen LogP contribution in [0.5, 0.6) is 5.75 Å². The molecule has 5 rings (SSSR count). The van der Waals surface area contributed by atoms with Crippen molar-refractivity contribution in [1.29, 1.82) is 0 Å². The molecule has 7 heteroatoms. The van der Waals surface area contributed by atoms with Crippen LogP contribution in [0.25, 0.3) is 0 Å². The molecule has 4 fully saturated rings. The van der Waals surface area contributed by atoms with Crippen LogP contribution in [0.3, 0.4) is 0 Å². The molecule has 0 aromatic heterocycles. The molecule has 1 aromatic carbocycles. The maximum absolute atomic E-state index is 13.1. The van der Waals surface area contributed by atoms with E-state index in [1.807, 2.05) is 0 Å². The number of hydrogen-bond acceptors (Lipinski definition) is 5. The number of carboxylic acids is 2. The zero-order valence-corrected chi connectivity index (χ0v) is 27.4. The minimum atomic E-state index is -1.05. The highest BCUT2D eigenvalue weighted by Gasteiger charge is 2.33. The van der Waals surface area contributed by atoms with Crippen molar-refractivity contribution in [3.63, 3.8) is 0 Å². The van der Waals surface area contributed by atoms with Gasteiger partial charge >= 0.3 is 11.9 Å². The van der Waals surface area contributed by atoms with Crippen LogP contribution < -0.4 is 4.74 Å². The molecule has 0 saturated heterocycles. The monoisotopic (exact) mass is 610 g/mol. The molecular formula is C37H58N2O5. The molecule has 0 radical (unpaired) electrons. The third kappa shape index (κ3) is 8.17. The van der Waals surface area contributed by atoms with Crippen LogP contribution in [0, 0.1) is 0 Å². The lowest BCUT2D eigenvalue weighted by Crippen LogP contribution is -2.46. The molecule has 4 aliphatic carbocycles. The predicted molar refractivity (Wildman–Crippen MR) is 175 cm³/mol. The van der Waals surface area contributed by atoms with Gasteiger partial charge in [0.2, 0.25) is 0 Å². The Hall–Kier alpha value is -2.12. The Morgan fingerprint density at radius 1 is 0.636 bits per heavy atom. The molecule has 0 unspecified atom stereocenters. The average Bonchev–Trinajstić information content (AvgIpc) is 3.06. The summed E-state index contributed by atoms with van der Waals surface area (Å²) >= 11 is 0. The molecule has 7 nitrogen and oxygen atoms in total. The molecule has 0 amide bonds. The Morgan fingerprint density at radius 2 is 1.02 bits per heavy atom. The Morgan fingerprint density at radius 3 is 1.36 bits per heavy atom. The van der Waals surface area contributed by atoms with Crippen LogP contribution in [-0.4, -0.2) is 76.3 Å². The van der Waals surface area contributed by atoms with Crippen LogP contribution in [0.1, 0.15) is 160 Å². The molecule has 1 aromatic rings. The number of hydrogen-bond donors (Lipinski definition) is 2. The zero-order valence-electron chi connectivity index (χ0n) is 27.4. The maximum Gasteiger partial charge on any atom is 0.339 e. The van der Waals surface area contributed by atoms with Gasteiger partial charge in [-0.05, 0) is 75.8 Å². The average molecular weight is 611 g/mol. The minimum absolute atomic E-state index is 0.103. The highest BCUT2D eigenvalue weighted by Crippen LogP contribution is 2.36. The van der Waals surface area contributed by atoms with E-state index in [4.69, 9.17) is 4.74 Å². The molecule has 4 aliphatic rings. The topological polar surface area (TPSA) is 90.3 Å². The number of nitrogens with zero attached hydrogens (tertiary/aromatic N) is 2. The lowest BCUT2D eigenvalue weighted by Gasteiger charge is -2.42. The first-order chi connectivity index (χ1) is 21.5. The summed E-state index contributed by atoms with van der Waals surface area (Å²) in [5.74, 6) is -1.77. The molecule has 246 valence electrons. The molecule has 0 spiro atoms. The van der Waals surface area contributed by atoms with Crippen molar-refractivity contribution in [2.45, 2.75) is 165 Å². The van der Waals surface area contributed by atoms with Crippen LogP contribution in [0.2, 0.25) is 0 Å². The van der Waals surface area contributed by atoms with Crippen LogP contribution in [-0.2, 0) is 12.8 Å². The van der Waals surface area contributed by atoms with E-state index in [0.717, 1.165) is 13.1 Å². The van der Waals surface area contributed by atoms with E-state index in [1.165, 1.54) is 136 Å². The summed E-state index contributed by atoms with van der Waals surface area (Å²) in [4.78, 5) is 31.0. The molecule has 44 heavy (non-hydrogen) atoms. The van der Waals surface area contributed by atoms with Crippen LogP contribution >= 0.6 is 0 Å². The Kier molecular flexibility index (Phi) is 12.4. The van der Waals surface area contributed by atoms with Crippen molar-refractivity contribution in [3.8, 4) is 5.75 Å². The van der Waals surface area contributed by atoms with Crippen molar-refractivity contribution in [3.05, 3.63) is 28.3 Å². The van der Waals surface area contributed by atoms with Crippen molar-refractivity contribution in [2.75, 3.05) is 20.2 Å². The van der Waals surface area contributed by atoms with Gasteiger partial charge in [-0.15, -0.1) is 0 Å².